The molecule has 0 spiro atoms. The van der Waals surface area contributed by atoms with E-state index in [4.69, 9.17) is 4.74 Å². The van der Waals surface area contributed by atoms with Crippen LogP contribution in [0.3, 0.4) is 0 Å². The maximum Gasteiger partial charge on any atom is 0.253 e. The van der Waals surface area contributed by atoms with Gasteiger partial charge in [-0.3, -0.25) is 15.4 Å². The van der Waals surface area contributed by atoms with Crippen LogP contribution < -0.4 is 26.6 Å². The molecule has 0 bridgehead atoms. The summed E-state index contributed by atoms with van der Waals surface area (Å²) in [7, 11) is 0. The predicted octanol–water partition coefficient (Wildman–Crippen LogP) is 2.01. The second kappa shape index (κ2) is 9.43. The van der Waals surface area contributed by atoms with Crippen molar-refractivity contribution in [3.63, 3.8) is 0 Å². The van der Waals surface area contributed by atoms with E-state index in [9.17, 15) is 4.79 Å². The number of carbonyl (C=O) groups excluding carboxylic acids is 1. The summed E-state index contributed by atoms with van der Waals surface area (Å²) in [5, 5.41) is 17.4. The third kappa shape index (κ3) is 5.09. The number of aryl methyl sites for hydroxylation is 1. The lowest BCUT2D eigenvalue weighted by molar-refractivity contribution is -0.126. The van der Waals surface area contributed by atoms with Crippen molar-refractivity contribution in [2.24, 2.45) is 11.8 Å². The highest BCUT2D eigenvalue weighted by Gasteiger charge is 2.31. The number of carbonyl (C=O) groups is 1. The van der Waals surface area contributed by atoms with E-state index < -0.39 is 0 Å². The molecule has 3 aliphatic rings. The average Bonchev–Trinajstić information content (AvgIpc) is 3.17. The molecule has 1 aromatic carbocycles. The van der Waals surface area contributed by atoms with Crippen molar-refractivity contribution < 1.29 is 9.53 Å². The number of piperidine rings is 1. The number of rotatable bonds is 5. The molecule has 1 aromatic rings. The molecule has 0 saturated carbocycles. The van der Waals surface area contributed by atoms with Gasteiger partial charge in [-0.05, 0) is 81.8 Å². The number of amides is 1. The van der Waals surface area contributed by atoms with Crippen LogP contribution in [0.15, 0.2) is 18.2 Å². The van der Waals surface area contributed by atoms with Crippen molar-refractivity contribution in [2.75, 3.05) is 36.9 Å². The van der Waals surface area contributed by atoms with Gasteiger partial charge in [0.1, 0.15) is 12.4 Å². The second-order valence-corrected chi connectivity index (χ2v) is 8.78. The molecule has 5 N–H and O–H groups in total. The molecule has 0 radical (unpaired) electrons. The van der Waals surface area contributed by atoms with Gasteiger partial charge in [0.2, 0.25) is 0 Å². The smallest absolute Gasteiger partial charge is 0.253 e. The molecular weight excluding hydrogens is 366 g/mol. The van der Waals surface area contributed by atoms with Gasteiger partial charge in [-0.25, -0.2) is 0 Å². The van der Waals surface area contributed by atoms with Crippen LogP contribution in [0.25, 0.3) is 0 Å². The summed E-state index contributed by atoms with van der Waals surface area (Å²) >= 11 is 0. The summed E-state index contributed by atoms with van der Waals surface area (Å²) in [5.74, 6) is 0.902. The first-order valence-electron chi connectivity index (χ1n) is 11.1. The summed E-state index contributed by atoms with van der Waals surface area (Å²) in [6, 6.07) is 6.53. The highest BCUT2D eigenvalue weighted by Crippen LogP contribution is 2.25. The van der Waals surface area contributed by atoms with E-state index >= 15 is 0 Å². The summed E-state index contributed by atoms with van der Waals surface area (Å²) < 4.78 is 5.59. The predicted molar refractivity (Wildman–Crippen MR) is 116 cm³/mol. The van der Waals surface area contributed by atoms with Gasteiger partial charge >= 0.3 is 0 Å². The Kier molecular flexibility index (Phi) is 6.70. The Morgan fingerprint density at radius 3 is 2.86 bits per heavy atom. The van der Waals surface area contributed by atoms with Crippen molar-refractivity contribution in [1.82, 2.24) is 16.0 Å². The van der Waals surface area contributed by atoms with E-state index in [1.807, 2.05) is 18.2 Å². The minimum Gasteiger partial charge on any atom is -0.368 e. The van der Waals surface area contributed by atoms with Gasteiger partial charge < -0.3 is 20.7 Å². The monoisotopic (exact) mass is 401 g/mol. The summed E-state index contributed by atoms with van der Waals surface area (Å²) in [4.78, 5) is 12.5. The first-order chi connectivity index (χ1) is 14.1. The molecule has 3 saturated heterocycles. The maximum absolute atomic E-state index is 12.5. The van der Waals surface area contributed by atoms with Gasteiger partial charge in [0.15, 0.2) is 0 Å². The summed E-state index contributed by atoms with van der Waals surface area (Å²) in [6.07, 6.45) is 4.32. The molecular formula is C22H35N5O2. The molecule has 3 heterocycles. The Balaban J connectivity index is 1.37. The van der Waals surface area contributed by atoms with Gasteiger partial charge in [0, 0.05) is 24.0 Å². The quantitative estimate of drug-likeness (QED) is 0.519. The highest BCUT2D eigenvalue weighted by atomic mass is 16.5. The molecule has 160 valence electrons. The topological polar surface area (TPSA) is 86.5 Å². The van der Waals surface area contributed by atoms with Crippen molar-refractivity contribution in [3.05, 3.63) is 23.8 Å². The van der Waals surface area contributed by atoms with E-state index in [1.165, 1.54) is 12.8 Å². The maximum atomic E-state index is 12.5. The van der Waals surface area contributed by atoms with E-state index in [-0.39, 0.29) is 24.2 Å². The van der Waals surface area contributed by atoms with Crippen LogP contribution in [0.2, 0.25) is 0 Å². The lowest BCUT2D eigenvalue weighted by Crippen LogP contribution is -2.60. The molecule has 1 amide bonds. The molecule has 0 aliphatic carbocycles. The van der Waals surface area contributed by atoms with Gasteiger partial charge in [-0.2, -0.15) is 0 Å². The van der Waals surface area contributed by atoms with Crippen LogP contribution in [0.4, 0.5) is 11.4 Å². The number of benzene rings is 1. The molecule has 5 atom stereocenters. The lowest BCUT2D eigenvalue weighted by atomic mass is 9.89. The van der Waals surface area contributed by atoms with Crippen LogP contribution in [0, 0.1) is 18.8 Å². The van der Waals surface area contributed by atoms with Crippen molar-refractivity contribution in [1.29, 1.82) is 0 Å². The Hall–Kier alpha value is -1.67. The minimum atomic E-state index is -0.348. The normalized spacial score (nSPS) is 32.7. The number of nitrogens with one attached hydrogen (secondary N) is 5. The fourth-order valence-electron chi connectivity index (χ4n) is 4.68. The Morgan fingerprint density at radius 1 is 1.21 bits per heavy atom. The van der Waals surface area contributed by atoms with Crippen LogP contribution in [0.1, 0.15) is 38.2 Å². The van der Waals surface area contributed by atoms with Gasteiger partial charge in [-0.1, -0.05) is 13.0 Å². The number of ether oxygens (including phenoxy) is 1. The van der Waals surface area contributed by atoms with Crippen molar-refractivity contribution in [2.45, 2.75) is 58.0 Å². The fraction of sp³-hybridized carbons (Fsp3) is 0.682. The van der Waals surface area contributed by atoms with Crippen LogP contribution in [-0.4, -0.2) is 50.6 Å². The second-order valence-electron chi connectivity index (χ2n) is 8.78. The Labute approximate surface area is 173 Å². The average molecular weight is 402 g/mol. The minimum absolute atomic E-state index is 0.0264. The lowest BCUT2D eigenvalue weighted by Gasteiger charge is -2.39. The molecule has 7 nitrogen and oxygen atoms in total. The standard InChI is InChI=1S/C22H35N5O2/c1-14-5-6-17(25-21(28)20-15(2)8-11-29-20)12-19(14)27-22-24-10-7-18(26-22)16-4-3-9-23-13-16/h5-6,12,15-16,18,20,22-24,26-27H,3-4,7-11,13H2,1-2H3,(H,25,28). The zero-order chi connectivity index (χ0) is 20.2. The van der Waals surface area contributed by atoms with Crippen LogP contribution >= 0.6 is 0 Å². The first kappa shape index (κ1) is 20.6. The number of hydrogen-bond donors (Lipinski definition) is 5. The van der Waals surface area contributed by atoms with Gasteiger partial charge in [-0.15, -0.1) is 0 Å². The number of anilines is 2. The van der Waals surface area contributed by atoms with Crippen LogP contribution in [0.5, 0.6) is 0 Å². The summed E-state index contributed by atoms with van der Waals surface area (Å²) in [6.45, 7) is 8.06. The molecule has 4 rings (SSSR count). The first-order valence-corrected chi connectivity index (χ1v) is 11.1. The zero-order valence-electron chi connectivity index (χ0n) is 17.6. The third-order valence-corrected chi connectivity index (χ3v) is 6.54. The van der Waals surface area contributed by atoms with Gasteiger partial charge in [0.05, 0.1) is 0 Å². The molecule has 0 aromatic heterocycles. The van der Waals surface area contributed by atoms with E-state index in [0.29, 0.717) is 18.6 Å². The molecule has 3 aliphatic heterocycles. The van der Waals surface area contributed by atoms with E-state index in [1.54, 1.807) is 0 Å². The SMILES string of the molecule is Cc1ccc(NC(=O)C2OCCC2C)cc1NC1NCCC(C2CCCNC2)N1. The van der Waals surface area contributed by atoms with Crippen molar-refractivity contribution >= 4 is 17.3 Å². The zero-order valence-corrected chi connectivity index (χ0v) is 17.6. The molecule has 3 fully saturated rings. The highest BCUT2D eigenvalue weighted by molar-refractivity contribution is 5.95. The fourth-order valence-corrected chi connectivity index (χ4v) is 4.68. The largest absolute Gasteiger partial charge is 0.368 e. The summed E-state index contributed by atoms with van der Waals surface area (Å²) in [5.41, 5.74) is 2.98. The van der Waals surface area contributed by atoms with Crippen LogP contribution in [-0.2, 0) is 9.53 Å². The van der Waals surface area contributed by atoms with Crippen molar-refractivity contribution in [3.8, 4) is 0 Å². The Bertz CT molecular complexity index is 706. The molecule has 7 heteroatoms. The third-order valence-electron chi connectivity index (χ3n) is 6.54. The Morgan fingerprint density at radius 2 is 2.10 bits per heavy atom. The molecule has 29 heavy (non-hydrogen) atoms. The number of hydrogen-bond acceptors (Lipinski definition) is 6. The molecule has 5 unspecified atom stereocenters. The van der Waals surface area contributed by atoms with E-state index in [2.05, 4.69) is 40.4 Å². The van der Waals surface area contributed by atoms with Gasteiger partial charge in [0.25, 0.3) is 5.91 Å². The van der Waals surface area contributed by atoms with E-state index in [0.717, 1.165) is 49.4 Å².